The average molecular weight is 329 g/mol. The van der Waals surface area contributed by atoms with Crippen LogP contribution in [-0.2, 0) is 6.54 Å². The van der Waals surface area contributed by atoms with Crippen LogP contribution in [0.2, 0.25) is 0 Å². The Hall–Kier alpha value is -1.56. The lowest BCUT2D eigenvalue weighted by atomic mass is 10.2. The summed E-state index contributed by atoms with van der Waals surface area (Å²) in [5, 5.41) is 0. The van der Waals surface area contributed by atoms with E-state index in [9.17, 15) is 13.6 Å². The molecule has 0 fully saturated rings. The molecule has 0 N–H and O–H groups in total. The fraction of sp³-hybridized carbons (Fsp3) is 0.231. The van der Waals surface area contributed by atoms with Gasteiger partial charge in [-0.1, -0.05) is 0 Å². The molecular weight excluding hydrogens is 318 g/mol. The van der Waals surface area contributed by atoms with Gasteiger partial charge in [-0.3, -0.25) is 4.57 Å². The number of halogens is 3. The predicted octanol–water partition coefficient (Wildman–Crippen LogP) is 2.95. The Kier molecular flexibility index (Phi) is 3.80. The molecule has 0 aliphatic carbocycles. The smallest absolute Gasteiger partial charge is 0.292 e. The van der Waals surface area contributed by atoms with Gasteiger partial charge in [0.05, 0.1) is 11.0 Å². The number of aryl methyl sites for hydroxylation is 2. The molecule has 1 aromatic carbocycles. The molecule has 3 nitrogen and oxygen atoms in total. The van der Waals surface area contributed by atoms with Crippen LogP contribution >= 0.6 is 15.9 Å². The highest BCUT2D eigenvalue weighted by molar-refractivity contribution is 9.10. The van der Waals surface area contributed by atoms with Gasteiger partial charge in [0.25, 0.3) is 0 Å². The maximum atomic E-state index is 13.9. The van der Waals surface area contributed by atoms with Gasteiger partial charge in [0.1, 0.15) is 11.6 Å². The third-order valence-electron chi connectivity index (χ3n) is 2.80. The van der Waals surface area contributed by atoms with Crippen molar-refractivity contribution in [3.8, 4) is 0 Å². The van der Waals surface area contributed by atoms with E-state index in [-0.39, 0.29) is 16.6 Å². The van der Waals surface area contributed by atoms with Gasteiger partial charge in [0, 0.05) is 17.0 Å². The average Bonchev–Trinajstić information content (AvgIpc) is 2.32. The molecule has 19 heavy (non-hydrogen) atoms. The summed E-state index contributed by atoms with van der Waals surface area (Å²) in [7, 11) is 0. The van der Waals surface area contributed by atoms with Crippen molar-refractivity contribution in [1.29, 1.82) is 0 Å². The molecule has 1 heterocycles. The lowest BCUT2D eigenvalue weighted by Crippen LogP contribution is -2.26. The zero-order valence-electron chi connectivity index (χ0n) is 10.4. The summed E-state index contributed by atoms with van der Waals surface area (Å²) >= 11 is 3.00. The van der Waals surface area contributed by atoms with Crippen LogP contribution in [0.15, 0.2) is 27.5 Å². The Morgan fingerprint density at radius 3 is 2.63 bits per heavy atom. The van der Waals surface area contributed by atoms with Gasteiger partial charge < -0.3 is 0 Å². The van der Waals surface area contributed by atoms with Crippen LogP contribution in [0.3, 0.4) is 0 Å². The fourth-order valence-electron chi connectivity index (χ4n) is 1.84. The first kappa shape index (κ1) is 13.9. The molecule has 0 amide bonds. The summed E-state index contributed by atoms with van der Waals surface area (Å²) in [5.74, 6) is -1.39. The third kappa shape index (κ3) is 2.73. The van der Waals surface area contributed by atoms with Crippen LogP contribution in [-0.4, -0.2) is 9.55 Å². The molecule has 0 aliphatic heterocycles. The molecule has 0 bridgehead atoms. The highest BCUT2D eigenvalue weighted by Gasteiger charge is 2.14. The first-order valence-electron chi connectivity index (χ1n) is 5.57. The first-order chi connectivity index (χ1) is 8.90. The number of nitrogens with zero attached hydrogens (tertiary/aromatic N) is 2. The second-order valence-electron chi connectivity index (χ2n) is 4.23. The summed E-state index contributed by atoms with van der Waals surface area (Å²) in [6.45, 7) is 3.21. The van der Waals surface area contributed by atoms with Gasteiger partial charge in [0.15, 0.2) is 0 Å². The second kappa shape index (κ2) is 5.21. The van der Waals surface area contributed by atoms with Crippen molar-refractivity contribution in [3.63, 3.8) is 0 Å². The zero-order valence-corrected chi connectivity index (χ0v) is 12.0. The molecule has 2 rings (SSSR count). The Morgan fingerprint density at radius 1 is 1.32 bits per heavy atom. The minimum absolute atomic E-state index is 0.162. The van der Waals surface area contributed by atoms with Crippen LogP contribution in [0.25, 0.3) is 0 Å². The maximum Gasteiger partial charge on any atom is 0.348 e. The van der Waals surface area contributed by atoms with E-state index in [0.717, 1.165) is 6.07 Å². The SMILES string of the molecule is Cc1cc(C)n(Cc2c(F)ccc(Br)c2F)c(=O)n1. The van der Waals surface area contributed by atoms with Gasteiger partial charge in [-0.2, -0.15) is 4.98 Å². The van der Waals surface area contributed by atoms with E-state index in [0.29, 0.717) is 11.4 Å². The zero-order chi connectivity index (χ0) is 14.2. The lowest BCUT2D eigenvalue weighted by Gasteiger charge is -2.11. The van der Waals surface area contributed by atoms with Crippen molar-refractivity contribution in [3.05, 3.63) is 61.7 Å². The van der Waals surface area contributed by atoms with Gasteiger partial charge >= 0.3 is 5.69 Å². The summed E-state index contributed by atoms with van der Waals surface area (Å²) in [6.07, 6.45) is 0. The van der Waals surface area contributed by atoms with E-state index >= 15 is 0 Å². The van der Waals surface area contributed by atoms with Crippen LogP contribution in [0.1, 0.15) is 17.0 Å². The topological polar surface area (TPSA) is 34.9 Å². The number of aromatic nitrogens is 2. The van der Waals surface area contributed by atoms with E-state index < -0.39 is 17.3 Å². The molecule has 2 aromatic rings. The summed E-state index contributed by atoms with van der Waals surface area (Å²) in [4.78, 5) is 15.5. The van der Waals surface area contributed by atoms with Crippen LogP contribution < -0.4 is 5.69 Å². The predicted molar refractivity (Wildman–Crippen MR) is 71.1 cm³/mol. The van der Waals surface area contributed by atoms with Crippen LogP contribution in [0, 0.1) is 25.5 Å². The lowest BCUT2D eigenvalue weighted by molar-refractivity contribution is 0.532. The Morgan fingerprint density at radius 2 is 2.00 bits per heavy atom. The standard InChI is InChI=1S/C13H11BrF2N2O/c1-7-5-8(2)18(13(19)17-7)6-9-11(15)4-3-10(14)12(9)16/h3-5H,6H2,1-2H3. The van der Waals surface area contributed by atoms with Crippen molar-refractivity contribution < 1.29 is 8.78 Å². The fourth-order valence-corrected chi connectivity index (χ4v) is 2.21. The molecule has 0 radical (unpaired) electrons. The molecule has 0 unspecified atom stereocenters. The Labute approximate surface area is 117 Å². The van der Waals surface area contributed by atoms with Gasteiger partial charge in [0.2, 0.25) is 0 Å². The molecular formula is C13H11BrF2N2O. The molecule has 100 valence electrons. The van der Waals surface area contributed by atoms with Gasteiger partial charge in [-0.15, -0.1) is 0 Å². The van der Waals surface area contributed by atoms with E-state index in [4.69, 9.17) is 0 Å². The summed E-state index contributed by atoms with van der Waals surface area (Å²) in [6, 6.07) is 4.14. The normalized spacial score (nSPS) is 10.8. The minimum Gasteiger partial charge on any atom is -0.292 e. The van der Waals surface area contributed by atoms with E-state index in [2.05, 4.69) is 20.9 Å². The quantitative estimate of drug-likeness (QED) is 0.794. The summed E-state index contributed by atoms with van der Waals surface area (Å²) in [5.41, 5.74) is 0.506. The third-order valence-corrected chi connectivity index (χ3v) is 3.41. The Balaban J connectivity index is 2.54. The minimum atomic E-state index is -0.702. The largest absolute Gasteiger partial charge is 0.348 e. The number of hydrogen-bond donors (Lipinski definition) is 0. The van der Waals surface area contributed by atoms with E-state index in [1.807, 2.05) is 0 Å². The van der Waals surface area contributed by atoms with Gasteiger partial charge in [-0.05, 0) is 48.0 Å². The molecule has 0 aliphatic rings. The van der Waals surface area contributed by atoms with Crippen molar-refractivity contribution in [2.45, 2.75) is 20.4 Å². The van der Waals surface area contributed by atoms with Gasteiger partial charge in [-0.25, -0.2) is 13.6 Å². The number of rotatable bonds is 2. The van der Waals surface area contributed by atoms with Crippen LogP contribution in [0.4, 0.5) is 8.78 Å². The molecule has 1 aromatic heterocycles. The highest BCUT2D eigenvalue weighted by atomic mass is 79.9. The molecule has 0 spiro atoms. The van der Waals surface area contributed by atoms with E-state index in [1.165, 1.54) is 10.6 Å². The molecule has 6 heteroatoms. The second-order valence-corrected chi connectivity index (χ2v) is 5.08. The van der Waals surface area contributed by atoms with Crippen molar-refractivity contribution in [2.75, 3.05) is 0 Å². The Bertz CT molecular complexity index is 698. The molecule has 0 saturated carbocycles. The van der Waals surface area contributed by atoms with Crippen molar-refractivity contribution in [2.24, 2.45) is 0 Å². The van der Waals surface area contributed by atoms with Crippen molar-refractivity contribution in [1.82, 2.24) is 9.55 Å². The number of hydrogen-bond acceptors (Lipinski definition) is 2. The molecule has 0 saturated heterocycles. The van der Waals surface area contributed by atoms with E-state index in [1.54, 1.807) is 19.9 Å². The molecule has 0 atom stereocenters. The first-order valence-corrected chi connectivity index (χ1v) is 6.37. The monoisotopic (exact) mass is 328 g/mol. The number of benzene rings is 1. The van der Waals surface area contributed by atoms with Crippen LogP contribution in [0.5, 0.6) is 0 Å². The summed E-state index contributed by atoms with van der Waals surface area (Å²) < 4.78 is 28.9. The maximum absolute atomic E-state index is 13.9. The van der Waals surface area contributed by atoms with Crippen molar-refractivity contribution >= 4 is 15.9 Å². The highest BCUT2D eigenvalue weighted by Crippen LogP contribution is 2.22.